The van der Waals surface area contributed by atoms with E-state index >= 15 is 0 Å². The lowest BCUT2D eigenvalue weighted by molar-refractivity contribution is -0.116. The molecule has 136 valence electrons. The van der Waals surface area contributed by atoms with Gasteiger partial charge in [0.1, 0.15) is 16.6 Å². The van der Waals surface area contributed by atoms with E-state index in [4.69, 9.17) is 24.4 Å². The summed E-state index contributed by atoms with van der Waals surface area (Å²) in [6.07, 6.45) is 2.04. The third kappa shape index (κ3) is 6.13. The minimum Gasteiger partial charge on any atom is -0.358 e. The molecule has 0 bridgehead atoms. The minimum absolute atomic E-state index is 0.0380. The maximum absolute atomic E-state index is 12.2. The summed E-state index contributed by atoms with van der Waals surface area (Å²) in [5.74, 6) is -0.792. The van der Waals surface area contributed by atoms with Crippen LogP contribution >= 0.6 is 24.4 Å². The van der Waals surface area contributed by atoms with Crippen LogP contribution in [0.25, 0.3) is 0 Å². The van der Waals surface area contributed by atoms with E-state index in [9.17, 15) is 13.2 Å². The zero-order valence-corrected chi connectivity index (χ0v) is 16.8. The summed E-state index contributed by atoms with van der Waals surface area (Å²) in [6.45, 7) is -0.0380. The number of hydrogen-bond acceptors (Lipinski definition) is 5. The number of thiocarbonyl (C=S) groups is 2. The molecule has 0 aromatic heterocycles. The minimum atomic E-state index is -3.55. The predicted octanol–water partition coefficient (Wildman–Crippen LogP) is 1.90. The van der Waals surface area contributed by atoms with Crippen LogP contribution in [0.3, 0.4) is 0 Å². The molecule has 2 rings (SSSR count). The Hall–Kier alpha value is -1.38. The highest BCUT2D eigenvalue weighted by atomic mass is 32.2. The Kier molecular flexibility index (Phi) is 6.65. The normalized spacial score (nSPS) is 14.0. The topological polar surface area (TPSA) is 57.7 Å². The summed E-state index contributed by atoms with van der Waals surface area (Å²) < 4.78 is 24.5. The van der Waals surface area contributed by atoms with E-state index in [1.165, 1.54) is 0 Å². The second-order valence-corrected chi connectivity index (χ2v) is 9.23. The standard InChI is InChI=1S/C17H22N2O3S3/c1-18(16(23)13-6-4-3-5-7-13)10-15(20)11-25(21,22)12-19(2)17(24)14-8-9-14/h3-7,14H,8-12H2,1-2H3. The van der Waals surface area contributed by atoms with Gasteiger partial charge in [-0.3, -0.25) is 4.79 Å². The van der Waals surface area contributed by atoms with E-state index in [1.54, 1.807) is 23.9 Å². The van der Waals surface area contributed by atoms with Gasteiger partial charge in [0, 0.05) is 25.6 Å². The largest absolute Gasteiger partial charge is 0.358 e. The van der Waals surface area contributed by atoms with Gasteiger partial charge in [-0.1, -0.05) is 54.8 Å². The van der Waals surface area contributed by atoms with Crippen LogP contribution in [-0.2, 0) is 14.6 Å². The van der Waals surface area contributed by atoms with Gasteiger partial charge in [0.25, 0.3) is 0 Å². The number of sulfone groups is 1. The van der Waals surface area contributed by atoms with Crippen molar-refractivity contribution in [2.24, 2.45) is 5.92 Å². The quantitative estimate of drug-likeness (QED) is 0.620. The Morgan fingerprint density at radius 3 is 2.28 bits per heavy atom. The molecule has 1 aliphatic carbocycles. The molecule has 5 nitrogen and oxygen atoms in total. The van der Waals surface area contributed by atoms with Crippen molar-refractivity contribution in [1.29, 1.82) is 0 Å². The van der Waals surface area contributed by atoms with Crippen molar-refractivity contribution in [3.05, 3.63) is 35.9 Å². The molecule has 0 radical (unpaired) electrons. The molecule has 1 aliphatic rings. The lowest BCUT2D eigenvalue weighted by atomic mass is 10.2. The molecule has 8 heteroatoms. The van der Waals surface area contributed by atoms with E-state index in [2.05, 4.69) is 0 Å². The smallest absolute Gasteiger partial charge is 0.175 e. The lowest BCUT2D eigenvalue weighted by Gasteiger charge is -2.21. The van der Waals surface area contributed by atoms with Gasteiger partial charge in [-0.2, -0.15) is 0 Å². The van der Waals surface area contributed by atoms with Gasteiger partial charge in [-0.25, -0.2) is 8.42 Å². The molecular weight excluding hydrogens is 376 g/mol. The molecule has 0 aliphatic heterocycles. The van der Waals surface area contributed by atoms with Gasteiger partial charge in [-0.05, 0) is 12.8 Å². The first kappa shape index (κ1) is 19.9. The van der Waals surface area contributed by atoms with Crippen molar-refractivity contribution in [2.75, 3.05) is 32.3 Å². The van der Waals surface area contributed by atoms with Crippen molar-refractivity contribution in [3.63, 3.8) is 0 Å². The molecule has 25 heavy (non-hydrogen) atoms. The number of ketones is 1. The highest BCUT2D eigenvalue weighted by molar-refractivity contribution is 7.92. The van der Waals surface area contributed by atoms with Crippen molar-refractivity contribution in [1.82, 2.24) is 9.80 Å². The van der Waals surface area contributed by atoms with E-state index in [-0.39, 0.29) is 18.2 Å². The number of hydrogen-bond donors (Lipinski definition) is 0. The van der Waals surface area contributed by atoms with Gasteiger partial charge < -0.3 is 9.80 Å². The second kappa shape index (κ2) is 8.33. The third-order valence-corrected chi connectivity index (χ3v) is 6.59. The number of likely N-dealkylation sites (N-methyl/N-ethyl adjacent to an activating group) is 1. The van der Waals surface area contributed by atoms with Gasteiger partial charge >= 0.3 is 0 Å². The fourth-order valence-electron chi connectivity index (χ4n) is 2.47. The summed E-state index contributed by atoms with van der Waals surface area (Å²) in [7, 11) is -0.193. The van der Waals surface area contributed by atoms with Gasteiger partial charge in [-0.15, -0.1) is 0 Å². The molecule has 0 unspecified atom stereocenters. The summed E-state index contributed by atoms with van der Waals surface area (Å²) >= 11 is 10.6. The van der Waals surface area contributed by atoms with Crippen molar-refractivity contribution in [3.8, 4) is 0 Å². The molecular formula is C17H22N2O3S3. The molecule has 0 amide bonds. The van der Waals surface area contributed by atoms with Gasteiger partial charge in [0.15, 0.2) is 15.6 Å². The van der Waals surface area contributed by atoms with Crippen LogP contribution in [0.4, 0.5) is 0 Å². The molecule has 0 heterocycles. The van der Waals surface area contributed by atoms with E-state index in [0.29, 0.717) is 15.9 Å². The molecule has 0 atom stereocenters. The maximum Gasteiger partial charge on any atom is 0.175 e. The summed E-state index contributed by atoms with van der Waals surface area (Å²) in [5, 5.41) is 0. The van der Waals surface area contributed by atoms with Crippen molar-refractivity contribution in [2.45, 2.75) is 12.8 Å². The van der Waals surface area contributed by atoms with Crippen molar-refractivity contribution < 1.29 is 13.2 Å². The Labute approximate surface area is 159 Å². The predicted molar refractivity (Wildman–Crippen MR) is 108 cm³/mol. The first-order chi connectivity index (χ1) is 11.7. The Balaban J connectivity index is 1.87. The van der Waals surface area contributed by atoms with E-state index in [1.807, 2.05) is 30.3 Å². The fraction of sp³-hybridized carbons (Fsp3) is 0.471. The molecule has 0 spiro atoms. The zero-order valence-electron chi connectivity index (χ0n) is 14.3. The molecule has 0 saturated heterocycles. The lowest BCUT2D eigenvalue weighted by Crippen LogP contribution is -2.38. The zero-order chi connectivity index (χ0) is 18.6. The fourth-order valence-corrected chi connectivity index (χ4v) is 4.46. The van der Waals surface area contributed by atoms with Crippen molar-refractivity contribution >= 4 is 50.0 Å². The van der Waals surface area contributed by atoms with Crippen LogP contribution in [0.2, 0.25) is 0 Å². The number of nitrogens with zero attached hydrogens (tertiary/aromatic N) is 2. The molecule has 1 aromatic carbocycles. The maximum atomic E-state index is 12.2. The molecule has 1 aromatic rings. The monoisotopic (exact) mass is 398 g/mol. The number of carbonyl (C=O) groups excluding carboxylic acids is 1. The SMILES string of the molecule is CN(CC(=O)CS(=O)(=O)CN(C)C(=S)C1CC1)C(=S)c1ccccc1. The van der Waals surface area contributed by atoms with E-state index < -0.39 is 15.6 Å². The molecule has 0 N–H and O–H groups in total. The molecule has 1 saturated carbocycles. The Morgan fingerprint density at radius 1 is 1.12 bits per heavy atom. The first-order valence-electron chi connectivity index (χ1n) is 7.97. The highest BCUT2D eigenvalue weighted by Crippen LogP contribution is 2.31. The highest BCUT2D eigenvalue weighted by Gasteiger charge is 2.30. The average molecular weight is 399 g/mol. The Bertz CT molecular complexity index is 759. The number of carbonyl (C=O) groups is 1. The number of benzene rings is 1. The Morgan fingerprint density at radius 2 is 1.72 bits per heavy atom. The summed E-state index contributed by atoms with van der Waals surface area (Å²) in [4.78, 5) is 16.5. The summed E-state index contributed by atoms with van der Waals surface area (Å²) in [5.41, 5.74) is 0.824. The van der Waals surface area contributed by atoms with E-state index in [0.717, 1.165) is 18.4 Å². The van der Waals surface area contributed by atoms with Crippen LogP contribution in [-0.4, -0.2) is 66.2 Å². The van der Waals surface area contributed by atoms with Gasteiger partial charge in [0.2, 0.25) is 0 Å². The number of rotatable bonds is 8. The molecule has 1 fully saturated rings. The van der Waals surface area contributed by atoms with Crippen LogP contribution in [0, 0.1) is 5.92 Å². The average Bonchev–Trinajstić information content (AvgIpc) is 3.37. The van der Waals surface area contributed by atoms with Crippen LogP contribution in [0.5, 0.6) is 0 Å². The second-order valence-electron chi connectivity index (χ2n) is 6.39. The van der Waals surface area contributed by atoms with Gasteiger partial charge in [0.05, 0.1) is 11.5 Å². The summed E-state index contributed by atoms with van der Waals surface area (Å²) in [6, 6.07) is 9.31. The number of Topliss-reactive ketones (excluding diaryl/α,β-unsaturated/α-hetero) is 1. The first-order valence-corrected chi connectivity index (χ1v) is 10.6. The van der Waals surface area contributed by atoms with Crippen LogP contribution in [0.1, 0.15) is 18.4 Å². The van der Waals surface area contributed by atoms with Crippen LogP contribution in [0.15, 0.2) is 30.3 Å². The third-order valence-electron chi connectivity index (χ3n) is 3.86. The van der Waals surface area contributed by atoms with Crippen LogP contribution < -0.4 is 0 Å².